The lowest BCUT2D eigenvalue weighted by atomic mass is 10.1. The lowest BCUT2D eigenvalue weighted by Gasteiger charge is -2.14. The van der Waals surface area contributed by atoms with Crippen LogP contribution in [0, 0.1) is 5.92 Å². The lowest BCUT2D eigenvalue weighted by Crippen LogP contribution is -2.37. The van der Waals surface area contributed by atoms with Gasteiger partial charge in [0.25, 0.3) is 5.56 Å². The van der Waals surface area contributed by atoms with Crippen LogP contribution in [0.2, 0.25) is 0 Å². The third-order valence-corrected chi connectivity index (χ3v) is 3.93. The van der Waals surface area contributed by atoms with E-state index in [0.717, 1.165) is 12.8 Å². The van der Waals surface area contributed by atoms with Crippen molar-refractivity contribution >= 4 is 29.1 Å². The molecule has 0 spiro atoms. The van der Waals surface area contributed by atoms with Gasteiger partial charge in [-0.25, -0.2) is 4.98 Å². The number of hydrogen-bond donors (Lipinski definition) is 4. The number of aromatic nitrogens is 4. The Bertz CT molecular complexity index is 878. The number of nitrogens with zero attached hydrogens (tertiary/aromatic N) is 3. The molecule has 0 aliphatic carbocycles. The molecular weight excluding hydrogens is 396 g/mol. The molecule has 0 saturated carbocycles. The second kappa shape index (κ2) is 12.5. The molecule has 1 atom stereocenters. The van der Waals surface area contributed by atoms with Crippen molar-refractivity contribution in [2.45, 2.75) is 52.8 Å². The third kappa shape index (κ3) is 8.17. The maximum atomic E-state index is 11.6. The lowest BCUT2D eigenvalue weighted by molar-refractivity contribution is -0.148. The number of ether oxygens (including phenoxy) is 2. The number of fused-ring (bicyclic) bond motifs is 1. The van der Waals surface area contributed by atoms with E-state index in [9.17, 15) is 14.4 Å². The van der Waals surface area contributed by atoms with Crippen LogP contribution in [0.1, 0.15) is 40.0 Å². The molecule has 1 unspecified atom stereocenters. The number of aliphatic carboxylic acids is 1. The maximum Gasteiger partial charge on any atom is 0.323 e. The Kier molecular flexibility index (Phi) is 10.5. The van der Waals surface area contributed by atoms with Crippen molar-refractivity contribution in [2.75, 3.05) is 18.9 Å². The second-order valence-corrected chi connectivity index (χ2v) is 6.81. The fourth-order valence-corrected chi connectivity index (χ4v) is 2.13. The van der Waals surface area contributed by atoms with Gasteiger partial charge < -0.3 is 26.0 Å². The van der Waals surface area contributed by atoms with Gasteiger partial charge in [0.05, 0.1) is 12.9 Å². The van der Waals surface area contributed by atoms with Crippen molar-refractivity contribution in [2.24, 2.45) is 11.7 Å². The van der Waals surface area contributed by atoms with Crippen LogP contribution >= 0.6 is 0 Å². The van der Waals surface area contributed by atoms with E-state index in [1.165, 1.54) is 10.9 Å². The maximum absolute atomic E-state index is 11.6. The number of aromatic amines is 1. The molecule has 2 aromatic heterocycles. The summed E-state index contributed by atoms with van der Waals surface area (Å²) < 4.78 is 11.9. The summed E-state index contributed by atoms with van der Waals surface area (Å²) >= 11 is 0. The largest absolute Gasteiger partial charge is 0.481 e. The number of carboxylic acid groups (broad SMARTS) is 1. The molecule has 0 aliphatic heterocycles. The molecular formula is C18H30N6O6. The monoisotopic (exact) mass is 426 g/mol. The third-order valence-electron chi connectivity index (χ3n) is 3.93. The average molecular weight is 426 g/mol. The molecule has 0 amide bonds. The number of anilines is 1. The molecule has 168 valence electrons. The Balaban J connectivity index is 0.000000553. The van der Waals surface area contributed by atoms with Gasteiger partial charge >= 0.3 is 11.9 Å². The van der Waals surface area contributed by atoms with Gasteiger partial charge in [0, 0.05) is 6.42 Å². The summed E-state index contributed by atoms with van der Waals surface area (Å²) in [6, 6.07) is -0.647. The van der Waals surface area contributed by atoms with Crippen LogP contribution in [0.5, 0.6) is 0 Å². The number of rotatable bonds is 10. The normalized spacial score (nSPS) is 11.8. The molecule has 12 nitrogen and oxygen atoms in total. The molecule has 2 aromatic rings. The van der Waals surface area contributed by atoms with Gasteiger partial charge in [0.1, 0.15) is 19.4 Å². The summed E-state index contributed by atoms with van der Waals surface area (Å²) in [4.78, 5) is 43.2. The van der Waals surface area contributed by atoms with Crippen LogP contribution in [0.25, 0.3) is 11.2 Å². The minimum Gasteiger partial charge on any atom is -0.481 e. The zero-order valence-corrected chi connectivity index (χ0v) is 17.5. The fourth-order valence-electron chi connectivity index (χ4n) is 2.13. The molecule has 0 radical (unpaired) electrons. The van der Waals surface area contributed by atoms with Crippen molar-refractivity contribution in [3.8, 4) is 0 Å². The number of unbranched alkanes of at least 4 members (excludes halogenated alkanes) is 1. The number of hydrogen-bond acceptors (Lipinski definition) is 9. The van der Waals surface area contributed by atoms with Crippen molar-refractivity contribution < 1.29 is 24.2 Å². The van der Waals surface area contributed by atoms with Gasteiger partial charge in [-0.2, -0.15) is 4.98 Å². The van der Waals surface area contributed by atoms with Gasteiger partial charge in [-0.05, 0) is 12.3 Å². The Hall–Kier alpha value is -2.99. The smallest absolute Gasteiger partial charge is 0.323 e. The first-order chi connectivity index (χ1) is 14.2. The van der Waals surface area contributed by atoms with Gasteiger partial charge in [0.2, 0.25) is 5.95 Å². The van der Waals surface area contributed by atoms with Crippen molar-refractivity contribution in [1.29, 1.82) is 0 Å². The SMILES string of the molecule is CC(C)C(N)C(=O)OCCOCn1cnc2c(=O)[nH]c(N)nc21.CCCCC(=O)O. The summed E-state index contributed by atoms with van der Waals surface area (Å²) in [6.45, 7) is 6.01. The highest BCUT2D eigenvalue weighted by atomic mass is 16.6. The van der Waals surface area contributed by atoms with Crippen LogP contribution in [-0.2, 0) is 25.8 Å². The van der Waals surface area contributed by atoms with Gasteiger partial charge in [-0.3, -0.25) is 23.9 Å². The summed E-state index contributed by atoms with van der Waals surface area (Å²) in [5.41, 5.74) is 11.2. The van der Waals surface area contributed by atoms with Gasteiger partial charge in [-0.15, -0.1) is 0 Å². The number of carbonyl (C=O) groups is 2. The van der Waals surface area contributed by atoms with Crippen molar-refractivity contribution in [3.63, 3.8) is 0 Å². The fraction of sp³-hybridized carbons (Fsp3) is 0.611. The van der Waals surface area contributed by atoms with E-state index in [0.29, 0.717) is 12.1 Å². The predicted octanol–water partition coefficient (Wildman–Crippen LogP) is 0.464. The van der Waals surface area contributed by atoms with Crippen LogP contribution in [0.4, 0.5) is 5.95 Å². The molecule has 0 aliphatic rings. The molecule has 0 fully saturated rings. The molecule has 0 aromatic carbocycles. The number of nitrogen functional groups attached to an aromatic ring is 1. The number of esters is 1. The Morgan fingerprint density at radius 2 is 2.03 bits per heavy atom. The van der Waals surface area contributed by atoms with Crippen molar-refractivity contribution in [3.05, 3.63) is 16.7 Å². The molecule has 0 bridgehead atoms. The van der Waals surface area contributed by atoms with E-state index < -0.39 is 23.5 Å². The highest BCUT2D eigenvalue weighted by Crippen LogP contribution is 2.06. The summed E-state index contributed by atoms with van der Waals surface area (Å²) in [6.07, 6.45) is 3.51. The van der Waals surface area contributed by atoms with Crippen molar-refractivity contribution in [1.82, 2.24) is 19.5 Å². The van der Waals surface area contributed by atoms with E-state index in [-0.39, 0.29) is 37.3 Å². The van der Waals surface area contributed by atoms with E-state index in [4.69, 9.17) is 26.0 Å². The summed E-state index contributed by atoms with van der Waals surface area (Å²) in [5.74, 6) is -1.14. The number of carboxylic acids is 1. The highest BCUT2D eigenvalue weighted by molar-refractivity contribution is 5.75. The first-order valence-corrected chi connectivity index (χ1v) is 9.59. The molecule has 6 N–H and O–H groups in total. The van der Waals surface area contributed by atoms with E-state index in [2.05, 4.69) is 15.0 Å². The number of carbonyl (C=O) groups excluding carboxylic acids is 1. The van der Waals surface area contributed by atoms with E-state index in [1.54, 1.807) is 0 Å². The Morgan fingerprint density at radius 3 is 2.60 bits per heavy atom. The predicted molar refractivity (Wildman–Crippen MR) is 109 cm³/mol. The average Bonchev–Trinajstić information content (AvgIpc) is 3.08. The Labute approximate surface area is 173 Å². The first-order valence-electron chi connectivity index (χ1n) is 9.59. The topological polar surface area (TPSA) is 188 Å². The first kappa shape index (κ1) is 25.0. The quantitative estimate of drug-likeness (QED) is 0.307. The Morgan fingerprint density at radius 1 is 1.33 bits per heavy atom. The molecule has 2 heterocycles. The zero-order chi connectivity index (χ0) is 22.7. The molecule has 2 rings (SSSR count). The molecule has 12 heteroatoms. The van der Waals surface area contributed by atoms with Crippen LogP contribution in [0.3, 0.4) is 0 Å². The van der Waals surface area contributed by atoms with E-state index in [1.807, 2.05) is 20.8 Å². The summed E-state index contributed by atoms with van der Waals surface area (Å²) in [5, 5.41) is 8.04. The molecule has 30 heavy (non-hydrogen) atoms. The number of imidazole rings is 1. The number of nitrogens with one attached hydrogen (secondary N) is 1. The van der Waals surface area contributed by atoms with E-state index >= 15 is 0 Å². The molecule has 0 saturated heterocycles. The number of nitrogens with two attached hydrogens (primary N) is 2. The second-order valence-electron chi connectivity index (χ2n) is 6.81. The highest BCUT2D eigenvalue weighted by Gasteiger charge is 2.18. The van der Waals surface area contributed by atoms with Crippen LogP contribution < -0.4 is 17.0 Å². The number of H-pyrrole nitrogens is 1. The van der Waals surface area contributed by atoms with Gasteiger partial charge in [-0.1, -0.05) is 27.2 Å². The standard InChI is InChI=1S/C13H20N6O4.C5H10O2/c1-7(2)8(14)12(21)23-4-3-22-6-19-5-16-9-10(19)17-13(15)18-11(9)20;1-2-3-4-5(6)7/h5,7-8H,3-4,6,14H2,1-2H3,(H3,15,17,18,20);2-4H2,1H3,(H,6,7). The minimum atomic E-state index is -0.693. The summed E-state index contributed by atoms with van der Waals surface area (Å²) in [7, 11) is 0. The van der Waals surface area contributed by atoms with Crippen LogP contribution in [-0.4, -0.2) is 55.8 Å². The van der Waals surface area contributed by atoms with Gasteiger partial charge in [0.15, 0.2) is 11.2 Å². The minimum absolute atomic E-state index is 0.000790. The van der Waals surface area contributed by atoms with Crippen LogP contribution in [0.15, 0.2) is 11.1 Å². The zero-order valence-electron chi connectivity index (χ0n) is 17.5.